The van der Waals surface area contributed by atoms with Gasteiger partial charge in [0.05, 0.1) is 11.1 Å². The molecule has 0 aliphatic rings. The Balaban J connectivity index is 2.84. The van der Waals surface area contributed by atoms with Gasteiger partial charge >= 0.3 is 0 Å². The fraction of sp³-hybridized carbons (Fsp3) is 0.556. The van der Waals surface area contributed by atoms with E-state index in [2.05, 4.69) is 23.7 Å². The lowest BCUT2D eigenvalue weighted by molar-refractivity contribution is 0.102. The zero-order chi connectivity index (χ0) is 9.84. The van der Waals surface area contributed by atoms with Crippen LogP contribution in [0.5, 0.6) is 0 Å². The van der Waals surface area contributed by atoms with Crippen molar-refractivity contribution in [3.63, 3.8) is 0 Å². The molecule has 0 saturated carbocycles. The van der Waals surface area contributed by atoms with E-state index in [0.717, 1.165) is 23.1 Å². The van der Waals surface area contributed by atoms with Crippen LogP contribution in [0.25, 0.3) is 0 Å². The van der Waals surface area contributed by atoms with Crippen LogP contribution in [0.4, 0.5) is 5.13 Å². The Morgan fingerprint density at radius 1 is 1.54 bits per heavy atom. The number of Topliss-reactive ketones (excluding diaryl/α,β-unsaturated/α-hetero) is 1. The number of rotatable bonds is 4. The van der Waals surface area contributed by atoms with Gasteiger partial charge in [-0.25, -0.2) is 4.98 Å². The van der Waals surface area contributed by atoms with Gasteiger partial charge in [-0.3, -0.25) is 4.79 Å². The molecule has 0 bridgehead atoms. The summed E-state index contributed by atoms with van der Waals surface area (Å²) < 4.78 is 0. The Morgan fingerprint density at radius 2 is 2.15 bits per heavy atom. The van der Waals surface area contributed by atoms with Crippen molar-refractivity contribution >= 4 is 22.3 Å². The molecule has 13 heavy (non-hydrogen) atoms. The van der Waals surface area contributed by atoms with Gasteiger partial charge in [-0.2, -0.15) is 0 Å². The number of aromatic nitrogens is 1. The largest absolute Gasteiger partial charge is 0.349 e. The highest BCUT2D eigenvalue weighted by Gasteiger charge is 2.09. The minimum Gasteiger partial charge on any atom is -0.349 e. The SMILES string of the molecule is CCN(CC)c1ncc(C(C)=O)s1. The summed E-state index contributed by atoms with van der Waals surface area (Å²) in [7, 11) is 0. The molecule has 0 saturated heterocycles. The van der Waals surface area contributed by atoms with E-state index in [1.807, 2.05) is 0 Å². The fourth-order valence-electron chi connectivity index (χ4n) is 1.07. The predicted molar refractivity (Wildman–Crippen MR) is 55.7 cm³/mol. The third kappa shape index (κ3) is 2.28. The van der Waals surface area contributed by atoms with Gasteiger partial charge in [0.15, 0.2) is 10.9 Å². The van der Waals surface area contributed by atoms with E-state index in [-0.39, 0.29) is 5.78 Å². The molecule has 0 aliphatic carbocycles. The van der Waals surface area contributed by atoms with E-state index in [1.54, 1.807) is 13.1 Å². The van der Waals surface area contributed by atoms with Crippen LogP contribution in [0, 0.1) is 0 Å². The molecule has 1 aromatic rings. The second kappa shape index (κ2) is 4.37. The fourth-order valence-corrected chi connectivity index (χ4v) is 2.01. The smallest absolute Gasteiger partial charge is 0.185 e. The van der Waals surface area contributed by atoms with Gasteiger partial charge in [-0.15, -0.1) is 0 Å². The second-order valence-corrected chi connectivity index (χ2v) is 3.74. The summed E-state index contributed by atoms with van der Waals surface area (Å²) in [5.41, 5.74) is 0. The molecule has 4 heteroatoms. The highest BCUT2D eigenvalue weighted by molar-refractivity contribution is 7.17. The van der Waals surface area contributed by atoms with Crippen LogP contribution < -0.4 is 4.90 Å². The van der Waals surface area contributed by atoms with Gasteiger partial charge in [0.2, 0.25) is 0 Å². The second-order valence-electron chi connectivity index (χ2n) is 2.74. The van der Waals surface area contributed by atoms with Crippen molar-refractivity contribution in [2.75, 3.05) is 18.0 Å². The maximum Gasteiger partial charge on any atom is 0.185 e. The molecule has 72 valence electrons. The summed E-state index contributed by atoms with van der Waals surface area (Å²) in [5, 5.41) is 0.940. The Morgan fingerprint density at radius 3 is 2.54 bits per heavy atom. The molecule has 0 aromatic carbocycles. The van der Waals surface area contributed by atoms with E-state index in [0.29, 0.717) is 0 Å². The van der Waals surface area contributed by atoms with Gasteiger partial charge < -0.3 is 4.90 Å². The third-order valence-electron chi connectivity index (χ3n) is 1.87. The van der Waals surface area contributed by atoms with Crippen molar-refractivity contribution in [1.29, 1.82) is 0 Å². The first-order chi connectivity index (χ1) is 6.19. The lowest BCUT2D eigenvalue weighted by Crippen LogP contribution is -2.21. The lowest BCUT2D eigenvalue weighted by Gasteiger charge is -2.16. The van der Waals surface area contributed by atoms with Gasteiger partial charge in [-0.05, 0) is 13.8 Å². The Labute approximate surface area is 82.4 Å². The zero-order valence-corrected chi connectivity index (χ0v) is 9.02. The van der Waals surface area contributed by atoms with E-state index < -0.39 is 0 Å². The van der Waals surface area contributed by atoms with Crippen LogP contribution in [0.1, 0.15) is 30.4 Å². The number of hydrogen-bond acceptors (Lipinski definition) is 4. The van der Waals surface area contributed by atoms with Crippen molar-refractivity contribution in [1.82, 2.24) is 4.98 Å². The summed E-state index contributed by atoms with van der Waals surface area (Å²) in [6.07, 6.45) is 1.65. The molecule has 3 nitrogen and oxygen atoms in total. The summed E-state index contributed by atoms with van der Waals surface area (Å²) in [6, 6.07) is 0. The van der Waals surface area contributed by atoms with E-state index >= 15 is 0 Å². The normalized spacial score (nSPS) is 10.1. The third-order valence-corrected chi connectivity index (χ3v) is 3.03. The van der Waals surface area contributed by atoms with Gasteiger partial charge in [0, 0.05) is 20.0 Å². The molecule has 0 radical (unpaired) electrons. The summed E-state index contributed by atoms with van der Waals surface area (Å²) in [5.74, 6) is 0.0934. The first-order valence-electron chi connectivity index (χ1n) is 4.40. The average molecular weight is 198 g/mol. The first kappa shape index (κ1) is 10.2. The molecule has 0 N–H and O–H groups in total. The minimum atomic E-state index is 0.0934. The Kier molecular flexibility index (Phi) is 3.42. The number of ketones is 1. The van der Waals surface area contributed by atoms with Crippen molar-refractivity contribution in [3.05, 3.63) is 11.1 Å². The zero-order valence-electron chi connectivity index (χ0n) is 8.20. The van der Waals surface area contributed by atoms with Gasteiger partial charge in [0.1, 0.15) is 0 Å². The van der Waals surface area contributed by atoms with Gasteiger partial charge in [0.25, 0.3) is 0 Å². The molecule has 0 amide bonds. The predicted octanol–water partition coefficient (Wildman–Crippen LogP) is 2.19. The summed E-state index contributed by atoms with van der Waals surface area (Å²) in [6.45, 7) is 7.60. The van der Waals surface area contributed by atoms with Crippen LogP contribution in [-0.4, -0.2) is 23.9 Å². The molecular formula is C9H14N2OS. The topological polar surface area (TPSA) is 33.2 Å². The number of thiazole rings is 1. The Bertz CT molecular complexity index is 292. The summed E-state index contributed by atoms with van der Waals surface area (Å²) in [4.78, 5) is 18.1. The number of carbonyl (C=O) groups is 1. The van der Waals surface area contributed by atoms with Crippen molar-refractivity contribution in [2.45, 2.75) is 20.8 Å². The monoisotopic (exact) mass is 198 g/mol. The van der Waals surface area contributed by atoms with E-state index in [9.17, 15) is 4.79 Å². The molecule has 1 rings (SSSR count). The molecule has 0 aliphatic heterocycles. The minimum absolute atomic E-state index is 0.0934. The molecule has 0 fully saturated rings. The molecular weight excluding hydrogens is 184 g/mol. The highest BCUT2D eigenvalue weighted by atomic mass is 32.1. The lowest BCUT2D eigenvalue weighted by atomic mass is 10.4. The van der Waals surface area contributed by atoms with E-state index in [1.165, 1.54) is 11.3 Å². The van der Waals surface area contributed by atoms with Crippen LogP contribution in [0.3, 0.4) is 0 Å². The van der Waals surface area contributed by atoms with Crippen molar-refractivity contribution < 1.29 is 4.79 Å². The maximum atomic E-state index is 11.0. The highest BCUT2D eigenvalue weighted by Crippen LogP contribution is 2.22. The van der Waals surface area contributed by atoms with Crippen LogP contribution in [0.2, 0.25) is 0 Å². The number of carbonyl (C=O) groups excluding carboxylic acids is 1. The van der Waals surface area contributed by atoms with Gasteiger partial charge in [-0.1, -0.05) is 11.3 Å². The van der Waals surface area contributed by atoms with Crippen LogP contribution >= 0.6 is 11.3 Å². The Hall–Kier alpha value is -0.900. The molecule has 0 atom stereocenters. The molecule has 0 spiro atoms. The van der Waals surface area contributed by atoms with Crippen molar-refractivity contribution in [2.24, 2.45) is 0 Å². The quantitative estimate of drug-likeness (QED) is 0.695. The maximum absolute atomic E-state index is 11.0. The average Bonchev–Trinajstić information content (AvgIpc) is 2.56. The first-order valence-corrected chi connectivity index (χ1v) is 5.22. The van der Waals surface area contributed by atoms with E-state index in [4.69, 9.17) is 0 Å². The van der Waals surface area contributed by atoms with Crippen LogP contribution in [-0.2, 0) is 0 Å². The number of nitrogens with zero attached hydrogens (tertiary/aromatic N) is 2. The summed E-state index contributed by atoms with van der Waals surface area (Å²) >= 11 is 1.46. The van der Waals surface area contributed by atoms with Crippen LogP contribution in [0.15, 0.2) is 6.20 Å². The molecule has 1 aromatic heterocycles. The number of anilines is 1. The molecule has 1 heterocycles. The standard InChI is InChI=1S/C9H14N2OS/c1-4-11(5-2)9-10-6-8(13-9)7(3)12/h6H,4-5H2,1-3H3. The number of hydrogen-bond donors (Lipinski definition) is 0. The molecule has 0 unspecified atom stereocenters. The van der Waals surface area contributed by atoms with Crippen molar-refractivity contribution in [3.8, 4) is 0 Å².